The summed E-state index contributed by atoms with van der Waals surface area (Å²) in [5.41, 5.74) is 2.98. The fraction of sp³-hybridized carbons (Fsp3) is 0.615. The number of carboxylic acids is 1. The first-order valence-electron chi connectivity index (χ1n) is 6.36. The number of rotatable bonds is 7. The smallest absolute Gasteiger partial charge is 0.321 e. The Morgan fingerprint density at radius 3 is 2.37 bits per heavy atom. The number of aliphatic carboxylic acids is 1. The minimum atomic E-state index is -0.832. The van der Waals surface area contributed by atoms with Crippen LogP contribution in [-0.4, -0.2) is 39.4 Å². The van der Waals surface area contributed by atoms with Crippen LogP contribution in [-0.2, 0) is 4.79 Å². The third-order valence-corrected chi connectivity index (χ3v) is 3.87. The number of carboxylic acid groups (broad SMARTS) is 1. The third kappa shape index (κ3) is 4.80. The molecule has 1 unspecified atom stereocenters. The van der Waals surface area contributed by atoms with Crippen LogP contribution in [0.25, 0.3) is 0 Å². The lowest BCUT2D eigenvalue weighted by atomic mass is 10.2. The summed E-state index contributed by atoms with van der Waals surface area (Å²) >= 11 is 1.38. The van der Waals surface area contributed by atoms with Crippen LogP contribution in [0.5, 0.6) is 0 Å². The van der Waals surface area contributed by atoms with E-state index in [4.69, 9.17) is 5.11 Å². The van der Waals surface area contributed by atoms with Gasteiger partial charge in [-0.1, -0.05) is 18.7 Å². The van der Waals surface area contributed by atoms with Gasteiger partial charge in [0.05, 0.1) is 0 Å². The number of hydrogen-bond acceptors (Lipinski definition) is 5. The van der Waals surface area contributed by atoms with Gasteiger partial charge in [-0.05, 0) is 39.3 Å². The highest BCUT2D eigenvalue weighted by Crippen LogP contribution is 2.18. The van der Waals surface area contributed by atoms with Crippen molar-refractivity contribution < 1.29 is 9.90 Å². The average Bonchev–Trinajstić information content (AvgIpc) is 2.35. The topological polar surface area (TPSA) is 75.1 Å². The number of carbonyl (C=O) groups is 1. The Hall–Kier alpha value is -1.14. The monoisotopic (exact) mass is 283 g/mol. The summed E-state index contributed by atoms with van der Waals surface area (Å²) in [7, 11) is 0. The molecule has 0 radical (unpaired) electrons. The highest BCUT2D eigenvalue weighted by Gasteiger charge is 2.17. The van der Waals surface area contributed by atoms with Crippen LogP contribution in [0.4, 0.5) is 0 Å². The molecule has 0 aliphatic rings. The van der Waals surface area contributed by atoms with E-state index in [1.807, 2.05) is 27.7 Å². The number of nitrogens with one attached hydrogen (secondary N) is 1. The highest BCUT2D eigenvalue weighted by atomic mass is 32.2. The van der Waals surface area contributed by atoms with Crippen LogP contribution in [0.15, 0.2) is 5.16 Å². The molecule has 0 saturated heterocycles. The summed E-state index contributed by atoms with van der Waals surface area (Å²) in [6, 6.07) is -0.560. The first-order chi connectivity index (χ1) is 8.95. The first kappa shape index (κ1) is 15.9. The minimum Gasteiger partial charge on any atom is -0.480 e. The first-order valence-corrected chi connectivity index (χ1v) is 7.35. The van der Waals surface area contributed by atoms with Crippen molar-refractivity contribution in [3.63, 3.8) is 0 Å². The van der Waals surface area contributed by atoms with Gasteiger partial charge < -0.3 is 10.4 Å². The van der Waals surface area contributed by atoms with E-state index in [9.17, 15) is 4.79 Å². The summed E-state index contributed by atoms with van der Waals surface area (Å²) in [6.07, 6.45) is 0.910. The van der Waals surface area contributed by atoms with Gasteiger partial charge >= 0.3 is 5.97 Å². The zero-order chi connectivity index (χ0) is 14.4. The quantitative estimate of drug-likeness (QED) is 0.588. The predicted octanol–water partition coefficient (Wildman–Crippen LogP) is 1.95. The average molecular weight is 283 g/mol. The largest absolute Gasteiger partial charge is 0.480 e. The number of thioether (sulfide) groups is 1. The second-order valence-electron chi connectivity index (χ2n) is 4.46. The molecule has 106 valence electrons. The Labute approximate surface area is 118 Å². The maximum atomic E-state index is 11.1. The van der Waals surface area contributed by atoms with Crippen molar-refractivity contribution >= 4 is 17.7 Å². The second kappa shape index (κ2) is 7.45. The number of aryl methyl sites for hydroxylation is 2. The SMILES string of the molecule is CCCNC(CSc1nc(C)c(C)c(C)n1)C(=O)O. The fourth-order valence-electron chi connectivity index (χ4n) is 1.50. The molecule has 1 aromatic heterocycles. The molecule has 0 aliphatic carbocycles. The van der Waals surface area contributed by atoms with Gasteiger partial charge in [0.15, 0.2) is 5.16 Å². The fourth-order valence-corrected chi connectivity index (χ4v) is 2.48. The molecule has 0 bridgehead atoms. The van der Waals surface area contributed by atoms with Gasteiger partial charge in [0.2, 0.25) is 0 Å². The Morgan fingerprint density at radius 2 is 1.89 bits per heavy atom. The van der Waals surface area contributed by atoms with Crippen LogP contribution in [0.1, 0.15) is 30.3 Å². The van der Waals surface area contributed by atoms with E-state index in [1.165, 1.54) is 11.8 Å². The van der Waals surface area contributed by atoms with Gasteiger partial charge in [0, 0.05) is 17.1 Å². The van der Waals surface area contributed by atoms with Crippen LogP contribution in [0, 0.1) is 20.8 Å². The molecule has 1 heterocycles. The molecule has 6 heteroatoms. The predicted molar refractivity (Wildman–Crippen MR) is 76.7 cm³/mol. The maximum Gasteiger partial charge on any atom is 0.321 e. The van der Waals surface area contributed by atoms with E-state index >= 15 is 0 Å². The van der Waals surface area contributed by atoms with Crippen molar-refractivity contribution in [1.29, 1.82) is 0 Å². The van der Waals surface area contributed by atoms with Crippen LogP contribution >= 0.6 is 11.8 Å². The van der Waals surface area contributed by atoms with Crippen molar-refractivity contribution in [1.82, 2.24) is 15.3 Å². The van der Waals surface area contributed by atoms with E-state index in [2.05, 4.69) is 15.3 Å². The maximum absolute atomic E-state index is 11.1. The number of hydrogen-bond donors (Lipinski definition) is 2. The van der Waals surface area contributed by atoms with Gasteiger partial charge in [0.25, 0.3) is 0 Å². The Balaban J connectivity index is 2.66. The van der Waals surface area contributed by atoms with Crippen molar-refractivity contribution in [2.45, 2.75) is 45.3 Å². The van der Waals surface area contributed by atoms with Crippen LogP contribution < -0.4 is 5.32 Å². The molecule has 1 atom stereocenters. The normalized spacial score (nSPS) is 12.4. The molecule has 1 aromatic rings. The molecule has 19 heavy (non-hydrogen) atoms. The number of nitrogens with zero attached hydrogens (tertiary/aromatic N) is 2. The molecule has 0 aliphatic heterocycles. The van der Waals surface area contributed by atoms with Crippen LogP contribution in [0.2, 0.25) is 0 Å². The lowest BCUT2D eigenvalue weighted by molar-refractivity contribution is -0.138. The molecule has 0 saturated carbocycles. The molecule has 0 aromatic carbocycles. The third-order valence-electron chi connectivity index (χ3n) is 2.93. The standard InChI is InChI=1S/C13H21N3O2S/c1-5-6-14-11(12(17)18)7-19-13-15-9(3)8(2)10(4)16-13/h11,14H,5-7H2,1-4H3,(H,17,18). The summed E-state index contributed by atoms with van der Waals surface area (Å²) in [5.74, 6) is -0.404. The van der Waals surface area contributed by atoms with Gasteiger partial charge in [-0.25, -0.2) is 9.97 Å². The molecule has 0 spiro atoms. The Bertz CT molecular complexity index is 429. The Morgan fingerprint density at radius 1 is 1.32 bits per heavy atom. The molecule has 2 N–H and O–H groups in total. The van der Waals surface area contributed by atoms with Gasteiger partial charge in [-0.3, -0.25) is 4.79 Å². The van der Waals surface area contributed by atoms with E-state index in [1.54, 1.807) is 0 Å². The van der Waals surface area contributed by atoms with Gasteiger partial charge in [-0.2, -0.15) is 0 Å². The Kier molecular flexibility index (Phi) is 6.24. The van der Waals surface area contributed by atoms with Gasteiger partial charge in [-0.15, -0.1) is 0 Å². The van der Waals surface area contributed by atoms with Crippen molar-refractivity contribution in [2.75, 3.05) is 12.3 Å². The van der Waals surface area contributed by atoms with Gasteiger partial charge in [0.1, 0.15) is 6.04 Å². The zero-order valence-electron chi connectivity index (χ0n) is 11.9. The molecule has 0 fully saturated rings. The lowest BCUT2D eigenvalue weighted by Gasteiger charge is -2.13. The van der Waals surface area contributed by atoms with E-state index in [0.717, 1.165) is 23.4 Å². The lowest BCUT2D eigenvalue weighted by Crippen LogP contribution is -2.39. The van der Waals surface area contributed by atoms with E-state index in [-0.39, 0.29) is 0 Å². The summed E-state index contributed by atoms with van der Waals surface area (Å²) < 4.78 is 0. The van der Waals surface area contributed by atoms with E-state index in [0.29, 0.717) is 17.5 Å². The molecule has 5 nitrogen and oxygen atoms in total. The molecular weight excluding hydrogens is 262 g/mol. The molecule has 0 amide bonds. The van der Waals surface area contributed by atoms with E-state index < -0.39 is 12.0 Å². The second-order valence-corrected chi connectivity index (χ2v) is 5.45. The molecular formula is C13H21N3O2S. The summed E-state index contributed by atoms with van der Waals surface area (Å²) in [6.45, 7) is 8.58. The van der Waals surface area contributed by atoms with Crippen molar-refractivity contribution in [2.24, 2.45) is 0 Å². The highest BCUT2D eigenvalue weighted by molar-refractivity contribution is 7.99. The molecule has 1 rings (SSSR count). The summed E-state index contributed by atoms with van der Waals surface area (Å²) in [5, 5.41) is 12.8. The van der Waals surface area contributed by atoms with Crippen molar-refractivity contribution in [3.8, 4) is 0 Å². The number of aromatic nitrogens is 2. The van der Waals surface area contributed by atoms with Crippen molar-refractivity contribution in [3.05, 3.63) is 17.0 Å². The summed E-state index contributed by atoms with van der Waals surface area (Å²) in [4.78, 5) is 19.9. The zero-order valence-corrected chi connectivity index (χ0v) is 12.7. The minimum absolute atomic E-state index is 0.428. The van der Waals surface area contributed by atoms with Crippen LogP contribution in [0.3, 0.4) is 0 Å².